The molecule has 3 aromatic carbocycles. The lowest BCUT2D eigenvalue weighted by Gasteiger charge is -2.15. The van der Waals surface area contributed by atoms with Crippen LogP contribution in [0.2, 0.25) is 0 Å². The fraction of sp³-hybridized carbons (Fsp3) is 0.0952. The monoisotopic (exact) mass is 378 g/mol. The Balaban J connectivity index is 1.60. The van der Waals surface area contributed by atoms with Crippen LogP contribution in [-0.4, -0.2) is 16.9 Å². The molecule has 1 unspecified atom stereocenters. The van der Waals surface area contributed by atoms with Gasteiger partial charge in [-0.2, -0.15) is 0 Å². The summed E-state index contributed by atoms with van der Waals surface area (Å²) < 4.78 is 11.2. The molecule has 0 fully saturated rings. The molecule has 0 aliphatic rings. The highest BCUT2D eigenvalue weighted by atomic mass is 16.6. The summed E-state index contributed by atoms with van der Waals surface area (Å²) in [7, 11) is 0. The summed E-state index contributed by atoms with van der Waals surface area (Å²) in [6, 6.07) is 22.1. The second-order valence-electron chi connectivity index (χ2n) is 5.91. The molecule has 1 amide bonds. The van der Waals surface area contributed by atoms with Crippen molar-refractivity contribution >= 4 is 17.3 Å². The molecule has 7 heteroatoms. The SMILES string of the molecule is CC(Oc1ccccc1[N+](=O)[O-])C(=O)Nc1ccc(Oc2ccccc2)cc1. The second kappa shape index (κ2) is 8.68. The first-order chi connectivity index (χ1) is 13.5. The third-order valence-electron chi connectivity index (χ3n) is 3.84. The number of carbonyl (C=O) groups is 1. The van der Waals surface area contributed by atoms with Gasteiger partial charge in [0.25, 0.3) is 5.91 Å². The van der Waals surface area contributed by atoms with Gasteiger partial charge in [-0.3, -0.25) is 14.9 Å². The van der Waals surface area contributed by atoms with Gasteiger partial charge >= 0.3 is 5.69 Å². The third kappa shape index (κ3) is 4.85. The zero-order chi connectivity index (χ0) is 19.9. The molecule has 0 radical (unpaired) electrons. The average Bonchev–Trinajstić information content (AvgIpc) is 2.70. The third-order valence-corrected chi connectivity index (χ3v) is 3.84. The van der Waals surface area contributed by atoms with E-state index in [2.05, 4.69) is 5.32 Å². The van der Waals surface area contributed by atoms with Crippen LogP contribution in [-0.2, 0) is 4.79 Å². The van der Waals surface area contributed by atoms with E-state index in [9.17, 15) is 14.9 Å². The number of anilines is 1. The first-order valence-corrected chi connectivity index (χ1v) is 8.57. The van der Waals surface area contributed by atoms with Crippen LogP contribution in [0.1, 0.15) is 6.92 Å². The Kier molecular flexibility index (Phi) is 5.86. The molecule has 7 nitrogen and oxygen atoms in total. The van der Waals surface area contributed by atoms with E-state index in [1.165, 1.54) is 25.1 Å². The quantitative estimate of drug-likeness (QED) is 0.471. The van der Waals surface area contributed by atoms with Crippen molar-refractivity contribution in [2.75, 3.05) is 5.32 Å². The van der Waals surface area contributed by atoms with E-state index < -0.39 is 16.9 Å². The molecule has 28 heavy (non-hydrogen) atoms. The predicted molar refractivity (Wildman–Crippen MR) is 105 cm³/mol. The Morgan fingerprint density at radius 3 is 2.21 bits per heavy atom. The highest BCUT2D eigenvalue weighted by Gasteiger charge is 2.20. The number of para-hydroxylation sites is 3. The minimum Gasteiger partial charge on any atom is -0.474 e. The number of ether oxygens (including phenoxy) is 2. The van der Waals surface area contributed by atoms with E-state index in [-0.39, 0.29) is 11.4 Å². The van der Waals surface area contributed by atoms with E-state index in [1.54, 1.807) is 30.3 Å². The second-order valence-corrected chi connectivity index (χ2v) is 5.91. The van der Waals surface area contributed by atoms with Gasteiger partial charge < -0.3 is 14.8 Å². The topological polar surface area (TPSA) is 90.7 Å². The van der Waals surface area contributed by atoms with Gasteiger partial charge in [0.05, 0.1) is 4.92 Å². The summed E-state index contributed by atoms with van der Waals surface area (Å²) >= 11 is 0. The van der Waals surface area contributed by atoms with E-state index >= 15 is 0 Å². The fourth-order valence-corrected chi connectivity index (χ4v) is 2.43. The first kappa shape index (κ1) is 18.9. The largest absolute Gasteiger partial charge is 0.474 e. The first-order valence-electron chi connectivity index (χ1n) is 8.57. The number of carbonyl (C=O) groups excluding carboxylic acids is 1. The van der Waals surface area contributed by atoms with Gasteiger partial charge in [-0.05, 0) is 49.4 Å². The Labute approximate surface area is 161 Å². The van der Waals surface area contributed by atoms with E-state index in [0.29, 0.717) is 17.2 Å². The number of nitro groups is 1. The summed E-state index contributed by atoms with van der Waals surface area (Å²) in [5.74, 6) is 0.968. The molecule has 0 saturated carbocycles. The van der Waals surface area contributed by atoms with E-state index in [0.717, 1.165) is 0 Å². The lowest BCUT2D eigenvalue weighted by atomic mass is 10.2. The highest BCUT2D eigenvalue weighted by molar-refractivity contribution is 5.94. The van der Waals surface area contributed by atoms with E-state index in [4.69, 9.17) is 9.47 Å². The number of rotatable bonds is 7. The van der Waals surface area contributed by atoms with Gasteiger partial charge in [0.15, 0.2) is 11.9 Å². The van der Waals surface area contributed by atoms with E-state index in [1.807, 2.05) is 30.3 Å². The van der Waals surface area contributed by atoms with Crippen molar-refractivity contribution in [2.24, 2.45) is 0 Å². The molecular formula is C21H18N2O5. The zero-order valence-electron chi connectivity index (χ0n) is 15.1. The maximum atomic E-state index is 12.3. The summed E-state index contributed by atoms with van der Waals surface area (Å²) in [5.41, 5.74) is 0.369. The smallest absolute Gasteiger partial charge is 0.310 e. The van der Waals surface area contributed by atoms with Crippen molar-refractivity contribution in [1.29, 1.82) is 0 Å². The summed E-state index contributed by atoms with van der Waals surface area (Å²) in [5, 5.41) is 13.8. The molecule has 0 heterocycles. The van der Waals surface area contributed by atoms with Gasteiger partial charge in [0, 0.05) is 11.8 Å². The van der Waals surface area contributed by atoms with Crippen molar-refractivity contribution in [2.45, 2.75) is 13.0 Å². The number of hydrogen-bond donors (Lipinski definition) is 1. The van der Waals surface area contributed by atoms with Gasteiger partial charge in [0.1, 0.15) is 11.5 Å². The van der Waals surface area contributed by atoms with Crippen LogP contribution in [0, 0.1) is 10.1 Å². The number of benzene rings is 3. The molecule has 3 rings (SSSR count). The standard InChI is InChI=1S/C21H18N2O5/c1-15(27-20-10-6-5-9-19(20)23(25)26)21(24)22-16-11-13-18(14-12-16)28-17-7-3-2-4-8-17/h2-15H,1H3,(H,22,24). The Hall–Kier alpha value is -3.87. The van der Waals surface area contributed by atoms with Crippen molar-refractivity contribution in [3.8, 4) is 17.2 Å². The average molecular weight is 378 g/mol. The normalized spacial score (nSPS) is 11.3. The van der Waals surface area contributed by atoms with Gasteiger partial charge in [-0.25, -0.2) is 0 Å². The molecular weight excluding hydrogens is 360 g/mol. The number of amides is 1. The fourth-order valence-electron chi connectivity index (χ4n) is 2.43. The predicted octanol–water partition coefficient (Wildman–Crippen LogP) is 4.79. The molecule has 0 saturated heterocycles. The van der Waals surface area contributed by atoms with Crippen molar-refractivity contribution in [3.05, 3.63) is 89.0 Å². The molecule has 0 aliphatic carbocycles. The Morgan fingerprint density at radius 1 is 0.929 bits per heavy atom. The highest BCUT2D eigenvalue weighted by Crippen LogP contribution is 2.27. The van der Waals surface area contributed by atoms with Gasteiger partial charge in [-0.15, -0.1) is 0 Å². The molecule has 0 aliphatic heterocycles. The molecule has 0 aromatic heterocycles. The van der Waals surface area contributed by atoms with Crippen LogP contribution < -0.4 is 14.8 Å². The zero-order valence-corrected chi connectivity index (χ0v) is 15.1. The lowest BCUT2D eigenvalue weighted by molar-refractivity contribution is -0.386. The maximum Gasteiger partial charge on any atom is 0.310 e. The Bertz CT molecular complexity index is 958. The van der Waals surface area contributed by atoms with Gasteiger partial charge in [0.2, 0.25) is 0 Å². The molecule has 0 bridgehead atoms. The molecule has 142 valence electrons. The summed E-state index contributed by atoms with van der Waals surface area (Å²) in [6.45, 7) is 1.53. The van der Waals surface area contributed by atoms with Gasteiger partial charge in [-0.1, -0.05) is 30.3 Å². The summed E-state index contributed by atoms with van der Waals surface area (Å²) in [4.78, 5) is 22.8. The lowest BCUT2D eigenvalue weighted by Crippen LogP contribution is -2.30. The van der Waals surface area contributed by atoms with Crippen LogP contribution in [0.3, 0.4) is 0 Å². The molecule has 1 atom stereocenters. The number of nitrogens with zero attached hydrogens (tertiary/aromatic N) is 1. The minimum atomic E-state index is -0.915. The van der Waals surface area contributed by atoms with Crippen molar-refractivity contribution in [1.82, 2.24) is 0 Å². The number of hydrogen-bond acceptors (Lipinski definition) is 5. The molecule has 0 spiro atoms. The van der Waals surface area contributed by atoms with Crippen LogP contribution in [0.25, 0.3) is 0 Å². The minimum absolute atomic E-state index is 0.0433. The van der Waals surface area contributed by atoms with Crippen LogP contribution in [0.4, 0.5) is 11.4 Å². The number of nitrogens with one attached hydrogen (secondary N) is 1. The van der Waals surface area contributed by atoms with Crippen molar-refractivity contribution < 1.29 is 19.2 Å². The molecule has 1 N–H and O–H groups in total. The van der Waals surface area contributed by atoms with Crippen LogP contribution in [0.5, 0.6) is 17.2 Å². The van der Waals surface area contributed by atoms with Crippen molar-refractivity contribution in [3.63, 3.8) is 0 Å². The number of nitro benzene ring substituents is 1. The maximum absolute atomic E-state index is 12.3. The summed E-state index contributed by atoms with van der Waals surface area (Å²) in [6.07, 6.45) is -0.915. The Morgan fingerprint density at radius 2 is 1.54 bits per heavy atom. The molecule has 3 aromatic rings. The van der Waals surface area contributed by atoms with Crippen LogP contribution in [0.15, 0.2) is 78.9 Å². The van der Waals surface area contributed by atoms with Crippen LogP contribution >= 0.6 is 0 Å².